The normalized spacial score (nSPS) is 10.2. The van der Waals surface area contributed by atoms with Crippen LogP contribution in [-0.4, -0.2) is 11.7 Å². The largest absolute Gasteiger partial charge is 0.508 e. The Bertz CT molecular complexity index is 480. The van der Waals surface area contributed by atoms with Gasteiger partial charge in [-0.1, -0.05) is 24.3 Å². The fourth-order valence-electron chi connectivity index (χ4n) is 1.50. The van der Waals surface area contributed by atoms with E-state index in [1.807, 2.05) is 12.1 Å². The average molecular weight is 232 g/mol. The molecular weight excluding hydrogens is 219 g/mol. The number of para-hydroxylation sites is 1. The van der Waals surface area contributed by atoms with E-state index in [4.69, 9.17) is 9.84 Å². The SMILES string of the molecule is Oc1ccc(CCOc2ccccc2F)cc1. The number of phenols is 1. The Balaban J connectivity index is 1.88. The van der Waals surface area contributed by atoms with E-state index in [0.717, 1.165) is 5.56 Å². The highest BCUT2D eigenvalue weighted by Crippen LogP contribution is 2.16. The highest BCUT2D eigenvalue weighted by Gasteiger charge is 2.01. The van der Waals surface area contributed by atoms with Crippen LogP contribution in [0.3, 0.4) is 0 Å². The lowest BCUT2D eigenvalue weighted by Crippen LogP contribution is -2.02. The van der Waals surface area contributed by atoms with Crippen molar-refractivity contribution in [2.24, 2.45) is 0 Å². The molecule has 0 fully saturated rings. The Kier molecular flexibility index (Phi) is 3.60. The molecule has 2 nitrogen and oxygen atoms in total. The van der Waals surface area contributed by atoms with Gasteiger partial charge in [0.2, 0.25) is 0 Å². The highest BCUT2D eigenvalue weighted by atomic mass is 19.1. The molecule has 0 aliphatic rings. The zero-order valence-corrected chi connectivity index (χ0v) is 9.27. The van der Waals surface area contributed by atoms with Gasteiger partial charge in [-0.2, -0.15) is 0 Å². The molecule has 2 aromatic carbocycles. The molecule has 0 amide bonds. The summed E-state index contributed by atoms with van der Waals surface area (Å²) in [5.41, 5.74) is 1.04. The fourth-order valence-corrected chi connectivity index (χ4v) is 1.50. The molecule has 0 radical (unpaired) electrons. The van der Waals surface area contributed by atoms with Crippen LogP contribution in [0, 0.1) is 5.82 Å². The van der Waals surface area contributed by atoms with Gasteiger partial charge in [-0.3, -0.25) is 0 Å². The third-order valence-electron chi connectivity index (χ3n) is 2.42. The van der Waals surface area contributed by atoms with Crippen molar-refractivity contribution < 1.29 is 14.2 Å². The van der Waals surface area contributed by atoms with E-state index < -0.39 is 0 Å². The number of rotatable bonds is 4. The molecule has 0 spiro atoms. The van der Waals surface area contributed by atoms with Crippen LogP contribution in [0.25, 0.3) is 0 Å². The van der Waals surface area contributed by atoms with Gasteiger partial charge < -0.3 is 9.84 Å². The molecule has 0 heterocycles. The first kappa shape index (κ1) is 11.5. The summed E-state index contributed by atoms with van der Waals surface area (Å²) in [4.78, 5) is 0. The first-order valence-corrected chi connectivity index (χ1v) is 5.41. The van der Waals surface area contributed by atoms with Gasteiger partial charge in [-0.15, -0.1) is 0 Å². The predicted molar refractivity (Wildman–Crippen MR) is 63.7 cm³/mol. The number of hydrogen-bond acceptors (Lipinski definition) is 2. The van der Waals surface area contributed by atoms with Crippen molar-refractivity contribution in [1.29, 1.82) is 0 Å². The average Bonchev–Trinajstić information content (AvgIpc) is 2.34. The van der Waals surface area contributed by atoms with Crippen molar-refractivity contribution in [2.45, 2.75) is 6.42 Å². The molecule has 0 bridgehead atoms. The van der Waals surface area contributed by atoms with Crippen LogP contribution in [-0.2, 0) is 6.42 Å². The van der Waals surface area contributed by atoms with E-state index >= 15 is 0 Å². The number of phenolic OH excluding ortho intramolecular Hbond substituents is 1. The monoisotopic (exact) mass is 232 g/mol. The van der Waals surface area contributed by atoms with E-state index in [1.165, 1.54) is 6.07 Å². The number of aromatic hydroxyl groups is 1. The van der Waals surface area contributed by atoms with Gasteiger partial charge in [0.15, 0.2) is 11.6 Å². The molecule has 0 atom stereocenters. The number of hydrogen-bond donors (Lipinski definition) is 1. The smallest absolute Gasteiger partial charge is 0.165 e. The van der Waals surface area contributed by atoms with Gasteiger partial charge in [-0.05, 0) is 29.8 Å². The van der Waals surface area contributed by atoms with Gasteiger partial charge in [0, 0.05) is 6.42 Å². The zero-order chi connectivity index (χ0) is 12.1. The van der Waals surface area contributed by atoms with E-state index in [2.05, 4.69) is 0 Å². The Morgan fingerprint density at radius 1 is 1.00 bits per heavy atom. The summed E-state index contributed by atoms with van der Waals surface area (Å²) in [5.74, 6) is 0.160. The Morgan fingerprint density at radius 3 is 2.41 bits per heavy atom. The van der Waals surface area contributed by atoms with Crippen LogP contribution in [0.4, 0.5) is 4.39 Å². The van der Waals surface area contributed by atoms with Crippen LogP contribution >= 0.6 is 0 Å². The van der Waals surface area contributed by atoms with Crippen LogP contribution in [0.15, 0.2) is 48.5 Å². The maximum atomic E-state index is 13.2. The third-order valence-corrected chi connectivity index (χ3v) is 2.42. The molecule has 3 heteroatoms. The van der Waals surface area contributed by atoms with E-state index in [1.54, 1.807) is 30.3 Å². The van der Waals surface area contributed by atoms with Crippen LogP contribution in [0.5, 0.6) is 11.5 Å². The highest BCUT2D eigenvalue weighted by molar-refractivity contribution is 5.26. The van der Waals surface area contributed by atoms with Crippen molar-refractivity contribution in [2.75, 3.05) is 6.61 Å². The molecule has 0 aliphatic heterocycles. The van der Waals surface area contributed by atoms with E-state index in [9.17, 15) is 4.39 Å². The summed E-state index contributed by atoms with van der Waals surface area (Å²) in [5, 5.41) is 9.12. The quantitative estimate of drug-likeness (QED) is 0.877. The molecular formula is C14H13FO2. The molecule has 2 rings (SSSR count). The summed E-state index contributed by atoms with van der Waals surface area (Å²) in [7, 11) is 0. The molecule has 0 aliphatic carbocycles. The molecule has 0 aromatic heterocycles. The number of ether oxygens (including phenoxy) is 1. The lowest BCUT2D eigenvalue weighted by atomic mass is 10.1. The molecule has 1 N–H and O–H groups in total. The molecule has 0 saturated heterocycles. The Morgan fingerprint density at radius 2 is 1.71 bits per heavy atom. The number of halogens is 1. The minimum absolute atomic E-state index is 0.240. The fraction of sp³-hybridized carbons (Fsp3) is 0.143. The van der Waals surface area contributed by atoms with Gasteiger partial charge in [0.05, 0.1) is 6.61 Å². The van der Waals surface area contributed by atoms with Gasteiger partial charge in [0.25, 0.3) is 0 Å². The minimum Gasteiger partial charge on any atom is -0.508 e. The maximum Gasteiger partial charge on any atom is 0.165 e. The Labute approximate surface area is 99.3 Å². The van der Waals surface area contributed by atoms with Crippen molar-refractivity contribution in [3.63, 3.8) is 0 Å². The first-order valence-electron chi connectivity index (χ1n) is 5.41. The summed E-state index contributed by atoms with van der Waals surface area (Å²) in [6.45, 7) is 0.408. The van der Waals surface area contributed by atoms with Crippen molar-refractivity contribution in [3.8, 4) is 11.5 Å². The van der Waals surface area contributed by atoms with E-state index in [-0.39, 0.29) is 17.3 Å². The van der Waals surface area contributed by atoms with Crippen LogP contribution in [0.1, 0.15) is 5.56 Å². The number of benzene rings is 2. The van der Waals surface area contributed by atoms with Crippen LogP contribution < -0.4 is 4.74 Å². The Hall–Kier alpha value is -2.03. The van der Waals surface area contributed by atoms with Gasteiger partial charge >= 0.3 is 0 Å². The van der Waals surface area contributed by atoms with Crippen molar-refractivity contribution in [1.82, 2.24) is 0 Å². The molecule has 17 heavy (non-hydrogen) atoms. The van der Waals surface area contributed by atoms with Crippen LogP contribution in [0.2, 0.25) is 0 Å². The summed E-state index contributed by atoms with van der Waals surface area (Å²) in [6, 6.07) is 13.2. The second-order valence-electron chi connectivity index (χ2n) is 3.70. The summed E-state index contributed by atoms with van der Waals surface area (Å²) < 4.78 is 18.5. The second kappa shape index (κ2) is 5.34. The topological polar surface area (TPSA) is 29.5 Å². The minimum atomic E-state index is -0.349. The lowest BCUT2D eigenvalue weighted by molar-refractivity contribution is 0.305. The van der Waals surface area contributed by atoms with E-state index in [0.29, 0.717) is 13.0 Å². The third kappa shape index (κ3) is 3.21. The second-order valence-corrected chi connectivity index (χ2v) is 3.70. The van der Waals surface area contributed by atoms with Gasteiger partial charge in [0.1, 0.15) is 5.75 Å². The molecule has 2 aromatic rings. The zero-order valence-electron chi connectivity index (χ0n) is 9.27. The maximum absolute atomic E-state index is 13.2. The molecule has 0 unspecified atom stereocenters. The van der Waals surface area contributed by atoms with Crippen molar-refractivity contribution >= 4 is 0 Å². The predicted octanol–water partition coefficient (Wildman–Crippen LogP) is 3.15. The standard InChI is InChI=1S/C14H13FO2/c15-13-3-1-2-4-14(13)17-10-9-11-5-7-12(16)8-6-11/h1-8,16H,9-10H2. The summed E-state index contributed by atoms with van der Waals surface area (Å²) >= 11 is 0. The van der Waals surface area contributed by atoms with Gasteiger partial charge in [-0.25, -0.2) is 4.39 Å². The molecule has 0 saturated carbocycles. The summed E-state index contributed by atoms with van der Waals surface area (Å²) in [6.07, 6.45) is 0.675. The van der Waals surface area contributed by atoms with Crippen molar-refractivity contribution in [3.05, 3.63) is 59.9 Å². The lowest BCUT2D eigenvalue weighted by Gasteiger charge is -2.06. The first-order chi connectivity index (χ1) is 8.25. The molecule has 88 valence electrons.